The first-order chi connectivity index (χ1) is 12.6. The van der Waals surface area contributed by atoms with Crippen LogP contribution in [0.2, 0.25) is 0 Å². The van der Waals surface area contributed by atoms with E-state index < -0.39 is 0 Å². The smallest absolute Gasteiger partial charge is 0.160 e. The average molecular weight is 358 g/mol. The van der Waals surface area contributed by atoms with Crippen LogP contribution in [0.3, 0.4) is 0 Å². The minimum atomic E-state index is -0.215. The van der Waals surface area contributed by atoms with Gasteiger partial charge in [-0.1, -0.05) is 12.1 Å². The topological polar surface area (TPSA) is 88.4 Å². The number of rotatable bonds is 4. The molecule has 2 aromatic carbocycles. The molecule has 6 heteroatoms. The molecule has 0 aliphatic carbocycles. The van der Waals surface area contributed by atoms with Gasteiger partial charge in [-0.2, -0.15) is 0 Å². The molecule has 2 saturated heterocycles. The van der Waals surface area contributed by atoms with Gasteiger partial charge in [0.1, 0.15) is 5.75 Å². The number of methoxy groups -OCH3 is 1. The van der Waals surface area contributed by atoms with Crippen molar-refractivity contribution >= 4 is 0 Å². The third-order valence-electron chi connectivity index (χ3n) is 5.40. The highest BCUT2D eigenvalue weighted by Crippen LogP contribution is 2.51. The van der Waals surface area contributed by atoms with Crippen molar-refractivity contribution in [2.24, 2.45) is 11.8 Å². The molecular weight excluding hydrogens is 336 g/mol. The minimum Gasteiger partial charge on any atom is -0.508 e. The van der Waals surface area contributed by atoms with Gasteiger partial charge in [-0.15, -0.1) is 0 Å². The molecule has 0 spiro atoms. The van der Waals surface area contributed by atoms with Crippen molar-refractivity contribution in [3.8, 4) is 17.2 Å². The fourth-order valence-electron chi connectivity index (χ4n) is 4.01. The lowest BCUT2D eigenvalue weighted by Crippen LogP contribution is -2.14. The molecule has 0 saturated carbocycles. The summed E-state index contributed by atoms with van der Waals surface area (Å²) in [6, 6.07) is 10.5. The first kappa shape index (κ1) is 17.1. The summed E-state index contributed by atoms with van der Waals surface area (Å²) in [4.78, 5) is 0. The summed E-state index contributed by atoms with van der Waals surface area (Å²) in [6.45, 7) is 0.921. The van der Waals surface area contributed by atoms with Crippen LogP contribution < -0.4 is 4.74 Å². The SMILES string of the molecule is COc1cc([C@H]2OC[C@H]3[C@@H]2CO[C@@H]3c2ccc(O)c(CO)c2)ccc1O. The van der Waals surface area contributed by atoms with Crippen molar-refractivity contribution < 1.29 is 29.5 Å². The van der Waals surface area contributed by atoms with Gasteiger partial charge in [0.2, 0.25) is 0 Å². The Labute approximate surface area is 151 Å². The predicted octanol–water partition coefficient (Wildman–Crippen LogP) is 2.67. The lowest BCUT2D eigenvalue weighted by Gasteiger charge is -2.18. The molecule has 2 heterocycles. The van der Waals surface area contributed by atoms with Crippen molar-refractivity contribution in [2.75, 3.05) is 20.3 Å². The van der Waals surface area contributed by atoms with E-state index in [1.165, 1.54) is 7.11 Å². The summed E-state index contributed by atoms with van der Waals surface area (Å²) in [5.41, 5.74) is 2.39. The molecular formula is C20H22O6. The van der Waals surface area contributed by atoms with Crippen LogP contribution in [0.25, 0.3) is 0 Å². The summed E-state index contributed by atoms with van der Waals surface area (Å²) in [7, 11) is 1.52. The zero-order valence-corrected chi connectivity index (χ0v) is 14.5. The summed E-state index contributed by atoms with van der Waals surface area (Å²) in [6.07, 6.45) is -0.246. The molecule has 2 fully saturated rings. The Balaban J connectivity index is 1.58. The molecule has 0 amide bonds. The predicted molar refractivity (Wildman–Crippen MR) is 93.1 cm³/mol. The molecule has 3 N–H and O–H groups in total. The first-order valence-corrected chi connectivity index (χ1v) is 8.65. The lowest BCUT2D eigenvalue weighted by atomic mass is 9.84. The zero-order valence-electron chi connectivity index (χ0n) is 14.5. The van der Waals surface area contributed by atoms with E-state index in [9.17, 15) is 15.3 Å². The number of fused-ring (bicyclic) bond motifs is 1. The Kier molecular flexibility index (Phi) is 4.48. The van der Waals surface area contributed by atoms with Gasteiger partial charge in [0.05, 0.1) is 39.1 Å². The number of hydrogen-bond acceptors (Lipinski definition) is 6. The summed E-state index contributed by atoms with van der Waals surface area (Å²) < 4.78 is 17.3. The van der Waals surface area contributed by atoms with E-state index in [1.54, 1.807) is 24.3 Å². The number of phenolic OH excluding ortho intramolecular Hbond substituents is 1. The summed E-state index contributed by atoms with van der Waals surface area (Å²) >= 11 is 0. The van der Waals surface area contributed by atoms with E-state index in [1.807, 2.05) is 12.1 Å². The Bertz CT molecular complexity index is 737. The normalized spacial score (nSPS) is 27.5. The molecule has 2 aliphatic rings. The zero-order chi connectivity index (χ0) is 18.3. The number of hydrogen-bond donors (Lipinski definition) is 3. The van der Waals surface area contributed by atoms with E-state index in [-0.39, 0.29) is 42.1 Å². The van der Waals surface area contributed by atoms with Gasteiger partial charge >= 0.3 is 0 Å². The summed E-state index contributed by atoms with van der Waals surface area (Å²) in [5, 5.41) is 28.9. The van der Waals surface area contributed by atoms with Crippen LogP contribution in [-0.4, -0.2) is 35.6 Å². The second-order valence-electron chi connectivity index (χ2n) is 6.81. The number of phenols is 2. The third-order valence-corrected chi connectivity index (χ3v) is 5.40. The maximum Gasteiger partial charge on any atom is 0.160 e. The molecule has 0 aromatic heterocycles. The van der Waals surface area contributed by atoms with Crippen LogP contribution in [0.4, 0.5) is 0 Å². The molecule has 6 nitrogen and oxygen atoms in total. The van der Waals surface area contributed by atoms with Crippen molar-refractivity contribution in [2.45, 2.75) is 18.8 Å². The maximum absolute atomic E-state index is 9.80. The van der Waals surface area contributed by atoms with Crippen LogP contribution in [-0.2, 0) is 16.1 Å². The van der Waals surface area contributed by atoms with E-state index >= 15 is 0 Å². The van der Waals surface area contributed by atoms with E-state index in [2.05, 4.69) is 0 Å². The second kappa shape index (κ2) is 6.79. The second-order valence-corrected chi connectivity index (χ2v) is 6.81. The van der Waals surface area contributed by atoms with Gasteiger partial charge in [-0.3, -0.25) is 0 Å². The van der Waals surface area contributed by atoms with Crippen LogP contribution in [0.1, 0.15) is 28.9 Å². The molecule has 0 radical (unpaired) electrons. The average Bonchev–Trinajstić information content (AvgIpc) is 3.25. The van der Waals surface area contributed by atoms with E-state index in [4.69, 9.17) is 14.2 Å². The highest BCUT2D eigenvalue weighted by atomic mass is 16.5. The molecule has 2 aliphatic heterocycles. The molecule has 138 valence electrons. The number of benzene rings is 2. The Morgan fingerprint density at radius 3 is 2.08 bits per heavy atom. The van der Waals surface area contributed by atoms with Crippen molar-refractivity contribution in [1.82, 2.24) is 0 Å². The Hall–Kier alpha value is -2.28. The highest BCUT2D eigenvalue weighted by molar-refractivity contribution is 5.43. The Morgan fingerprint density at radius 1 is 0.923 bits per heavy atom. The number of ether oxygens (including phenoxy) is 3. The van der Waals surface area contributed by atoms with Crippen LogP contribution in [0, 0.1) is 11.8 Å². The molecule has 0 bridgehead atoms. The van der Waals surface area contributed by atoms with Gasteiger partial charge < -0.3 is 29.5 Å². The van der Waals surface area contributed by atoms with Gasteiger partial charge in [0.15, 0.2) is 11.5 Å². The summed E-state index contributed by atoms with van der Waals surface area (Å²) in [5.74, 6) is 1.00. The van der Waals surface area contributed by atoms with Gasteiger partial charge in [-0.05, 0) is 35.4 Å². The van der Waals surface area contributed by atoms with Gasteiger partial charge in [0.25, 0.3) is 0 Å². The maximum atomic E-state index is 9.80. The van der Waals surface area contributed by atoms with Crippen molar-refractivity contribution in [3.63, 3.8) is 0 Å². The first-order valence-electron chi connectivity index (χ1n) is 8.65. The number of aliphatic hydroxyl groups excluding tert-OH is 1. The van der Waals surface area contributed by atoms with Gasteiger partial charge in [0, 0.05) is 17.4 Å². The monoisotopic (exact) mass is 358 g/mol. The molecule has 0 unspecified atom stereocenters. The standard InChI is InChI=1S/C20H22O6/c1-24-18-7-12(3-5-17(18)23)20-15-10-25-19(14(15)9-26-20)11-2-4-16(22)13(6-11)8-21/h2-7,14-15,19-23H,8-10H2,1H3/t14-,15-,19+,20+/m0/s1. The Morgan fingerprint density at radius 2 is 1.50 bits per heavy atom. The largest absolute Gasteiger partial charge is 0.508 e. The minimum absolute atomic E-state index is 0.0857. The van der Waals surface area contributed by atoms with E-state index in [0.29, 0.717) is 24.5 Å². The molecule has 4 atom stereocenters. The molecule has 26 heavy (non-hydrogen) atoms. The molecule has 2 aromatic rings. The van der Waals surface area contributed by atoms with Gasteiger partial charge in [-0.25, -0.2) is 0 Å². The van der Waals surface area contributed by atoms with Crippen molar-refractivity contribution in [3.05, 3.63) is 53.1 Å². The van der Waals surface area contributed by atoms with Crippen LogP contribution >= 0.6 is 0 Å². The third kappa shape index (κ3) is 2.80. The highest BCUT2D eigenvalue weighted by Gasteiger charge is 2.48. The van der Waals surface area contributed by atoms with Crippen molar-refractivity contribution in [1.29, 1.82) is 0 Å². The van der Waals surface area contributed by atoms with E-state index in [0.717, 1.165) is 11.1 Å². The number of aromatic hydroxyl groups is 2. The lowest BCUT2D eigenvalue weighted by molar-refractivity contribution is 0.0191. The quantitative estimate of drug-likeness (QED) is 0.779. The van der Waals surface area contributed by atoms with Crippen LogP contribution in [0.5, 0.6) is 17.2 Å². The van der Waals surface area contributed by atoms with Crippen LogP contribution in [0.15, 0.2) is 36.4 Å². The fourth-order valence-corrected chi connectivity index (χ4v) is 4.01. The molecule has 4 rings (SSSR count). The fraction of sp³-hybridized carbons (Fsp3) is 0.400. The number of aliphatic hydroxyl groups is 1.